The van der Waals surface area contributed by atoms with Gasteiger partial charge in [-0.3, -0.25) is 0 Å². The first kappa shape index (κ1) is 25.7. The Balaban J connectivity index is 2.43. The summed E-state index contributed by atoms with van der Waals surface area (Å²) in [5.74, 6) is 2.62. The molecule has 1 aliphatic carbocycles. The van der Waals surface area contributed by atoms with E-state index in [1.54, 1.807) is 16.7 Å². The second kappa shape index (κ2) is 10.8. The third-order valence-electron chi connectivity index (χ3n) is 6.57. The van der Waals surface area contributed by atoms with E-state index in [1.165, 1.54) is 29.6 Å². The molecule has 0 N–H and O–H groups in total. The van der Waals surface area contributed by atoms with Crippen molar-refractivity contribution in [2.45, 2.75) is 106 Å². The highest BCUT2D eigenvalue weighted by Crippen LogP contribution is 2.38. The van der Waals surface area contributed by atoms with E-state index in [1.807, 2.05) is 0 Å². The number of hydrogen-bond donors (Lipinski definition) is 0. The van der Waals surface area contributed by atoms with Gasteiger partial charge in [0.1, 0.15) is 0 Å². The molecule has 0 heterocycles. The van der Waals surface area contributed by atoms with E-state index in [0.717, 1.165) is 31.1 Å². The minimum atomic E-state index is 0.236. The standard InChI is InChI=1S/C31H48/c1-21(2)15-24(7)26-12-14-30(27(16-22(3)4)17-23(5)6)28(20-26)18-25-11-13-29(19-25)31(8,9)10/h12-14,19-20,22-24,27H,1,11,15-18H2,2-10H3/t24-/m1/s1. The molecular formula is C31H48. The van der Waals surface area contributed by atoms with Crippen LogP contribution in [0.3, 0.4) is 0 Å². The zero-order chi connectivity index (χ0) is 23.3. The van der Waals surface area contributed by atoms with Gasteiger partial charge in [0, 0.05) is 0 Å². The van der Waals surface area contributed by atoms with Crippen LogP contribution in [0.2, 0.25) is 0 Å². The lowest BCUT2D eigenvalue weighted by atomic mass is 9.79. The maximum absolute atomic E-state index is 4.15. The predicted octanol–water partition coefficient (Wildman–Crippen LogP) is 9.78. The molecule has 1 aliphatic rings. The van der Waals surface area contributed by atoms with Crippen molar-refractivity contribution in [1.82, 2.24) is 0 Å². The molecule has 1 aromatic rings. The van der Waals surface area contributed by atoms with E-state index in [-0.39, 0.29) is 5.41 Å². The first-order chi connectivity index (χ1) is 14.4. The number of allylic oxidation sites excluding steroid dienone is 5. The maximum atomic E-state index is 4.15. The topological polar surface area (TPSA) is 0 Å². The van der Waals surface area contributed by atoms with Crippen molar-refractivity contribution in [3.05, 3.63) is 70.3 Å². The van der Waals surface area contributed by atoms with Crippen molar-refractivity contribution in [1.29, 1.82) is 0 Å². The molecule has 0 radical (unpaired) electrons. The van der Waals surface area contributed by atoms with Gasteiger partial charge >= 0.3 is 0 Å². The first-order valence-electron chi connectivity index (χ1n) is 12.5. The Kier molecular flexibility index (Phi) is 8.99. The summed E-state index contributed by atoms with van der Waals surface area (Å²) in [5, 5.41) is 0. The lowest BCUT2D eigenvalue weighted by Crippen LogP contribution is -2.11. The molecule has 0 amide bonds. The molecule has 0 nitrogen and oxygen atoms in total. The van der Waals surface area contributed by atoms with Gasteiger partial charge in [-0.15, -0.1) is 6.58 Å². The van der Waals surface area contributed by atoms with Crippen molar-refractivity contribution in [2.75, 3.05) is 0 Å². The fraction of sp³-hybridized carbons (Fsp3) is 0.613. The number of rotatable bonds is 10. The highest BCUT2D eigenvalue weighted by molar-refractivity contribution is 5.43. The Morgan fingerprint density at radius 1 is 1.00 bits per heavy atom. The lowest BCUT2D eigenvalue weighted by molar-refractivity contribution is 0.422. The SMILES string of the molecule is C=C(C)C[C@@H](C)c1ccc(C(CC(C)C)CC(C)C)c(CC2=CC(C(C)(C)C)=CC2)c1. The normalized spacial score (nSPS) is 15.6. The average Bonchev–Trinajstić information content (AvgIpc) is 3.08. The van der Waals surface area contributed by atoms with Crippen LogP contribution in [0.15, 0.2) is 53.6 Å². The summed E-state index contributed by atoms with van der Waals surface area (Å²) in [4.78, 5) is 0. The van der Waals surface area contributed by atoms with Gasteiger partial charge in [0.05, 0.1) is 0 Å². The number of hydrogen-bond acceptors (Lipinski definition) is 0. The summed E-state index contributed by atoms with van der Waals surface area (Å²) in [7, 11) is 0. The highest BCUT2D eigenvalue weighted by atomic mass is 14.3. The summed E-state index contributed by atoms with van der Waals surface area (Å²) in [6, 6.07) is 7.41. The fourth-order valence-electron chi connectivity index (χ4n) is 5.08. The van der Waals surface area contributed by atoms with Crippen LogP contribution in [0.4, 0.5) is 0 Å². The molecule has 0 spiro atoms. The molecule has 0 unspecified atom stereocenters. The van der Waals surface area contributed by atoms with Crippen molar-refractivity contribution >= 4 is 0 Å². The Labute approximate surface area is 193 Å². The minimum absolute atomic E-state index is 0.236. The van der Waals surface area contributed by atoms with E-state index in [2.05, 4.69) is 99.2 Å². The van der Waals surface area contributed by atoms with Crippen LogP contribution in [0.1, 0.15) is 117 Å². The van der Waals surface area contributed by atoms with Crippen molar-refractivity contribution < 1.29 is 0 Å². The molecule has 172 valence electrons. The monoisotopic (exact) mass is 420 g/mol. The first-order valence-corrected chi connectivity index (χ1v) is 12.5. The molecule has 0 fully saturated rings. The van der Waals surface area contributed by atoms with Gasteiger partial charge in [-0.05, 0) is 90.4 Å². The minimum Gasteiger partial charge on any atom is -0.100 e. The van der Waals surface area contributed by atoms with Gasteiger partial charge in [-0.2, -0.15) is 0 Å². The molecule has 0 saturated carbocycles. The quantitative estimate of drug-likeness (QED) is 0.330. The molecule has 1 aromatic carbocycles. The van der Waals surface area contributed by atoms with Crippen LogP contribution >= 0.6 is 0 Å². The second-order valence-corrected chi connectivity index (χ2v) is 12.1. The largest absolute Gasteiger partial charge is 0.100 e. The predicted molar refractivity (Wildman–Crippen MR) is 140 cm³/mol. The van der Waals surface area contributed by atoms with E-state index in [9.17, 15) is 0 Å². The van der Waals surface area contributed by atoms with Gasteiger partial charge in [-0.25, -0.2) is 0 Å². The van der Waals surface area contributed by atoms with E-state index >= 15 is 0 Å². The lowest BCUT2D eigenvalue weighted by Gasteiger charge is -2.26. The summed E-state index contributed by atoms with van der Waals surface area (Å²) >= 11 is 0. The molecular weight excluding hydrogens is 372 g/mol. The van der Waals surface area contributed by atoms with Gasteiger partial charge in [0.2, 0.25) is 0 Å². The third-order valence-corrected chi connectivity index (χ3v) is 6.57. The van der Waals surface area contributed by atoms with Gasteiger partial charge < -0.3 is 0 Å². The van der Waals surface area contributed by atoms with Crippen LogP contribution < -0.4 is 0 Å². The van der Waals surface area contributed by atoms with Gasteiger partial charge in [-0.1, -0.05) is 96.9 Å². The third kappa shape index (κ3) is 7.81. The van der Waals surface area contributed by atoms with E-state index in [4.69, 9.17) is 0 Å². The maximum Gasteiger partial charge on any atom is -0.00578 e. The van der Waals surface area contributed by atoms with Crippen LogP contribution in [-0.2, 0) is 6.42 Å². The summed E-state index contributed by atoms with van der Waals surface area (Å²) < 4.78 is 0. The molecule has 31 heavy (non-hydrogen) atoms. The van der Waals surface area contributed by atoms with Crippen molar-refractivity contribution in [2.24, 2.45) is 17.3 Å². The second-order valence-electron chi connectivity index (χ2n) is 12.1. The van der Waals surface area contributed by atoms with Crippen molar-refractivity contribution in [3.63, 3.8) is 0 Å². The molecule has 0 aromatic heterocycles. The van der Waals surface area contributed by atoms with Gasteiger partial charge in [0.25, 0.3) is 0 Å². The zero-order valence-corrected chi connectivity index (χ0v) is 21.9. The molecule has 0 heteroatoms. The summed E-state index contributed by atoms with van der Waals surface area (Å²) in [5.41, 5.74) is 9.21. The summed E-state index contributed by atoms with van der Waals surface area (Å²) in [6.45, 7) is 25.1. The number of benzene rings is 1. The van der Waals surface area contributed by atoms with Crippen LogP contribution in [0.25, 0.3) is 0 Å². The highest BCUT2D eigenvalue weighted by Gasteiger charge is 2.23. The smallest absolute Gasteiger partial charge is 0.00578 e. The summed E-state index contributed by atoms with van der Waals surface area (Å²) in [6.07, 6.45) is 10.7. The van der Waals surface area contributed by atoms with Crippen molar-refractivity contribution in [3.8, 4) is 0 Å². The van der Waals surface area contributed by atoms with Gasteiger partial charge in [0.15, 0.2) is 0 Å². The molecule has 1 atom stereocenters. The Bertz CT molecular complexity index is 797. The van der Waals surface area contributed by atoms with Crippen LogP contribution in [0, 0.1) is 17.3 Å². The molecule has 0 aliphatic heterocycles. The van der Waals surface area contributed by atoms with E-state index in [0.29, 0.717) is 11.8 Å². The molecule has 0 saturated heterocycles. The Hall–Kier alpha value is -1.56. The zero-order valence-electron chi connectivity index (χ0n) is 21.9. The Morgan fingerprint density at radius 2 is 1.61 bits per heavy atom. The fourth-order valence-corrected chi connectivity index (χ4v) is 5.08. The Morgan fingerprint density at radius 3 is 2.10 bits per heavy atom. The molecule has 2 rings (SSSR count). The van der Waals surface area contributed by atoms with E-state index < -0.39 is 0 Å². The molecule has 0 bridgehead atoms. The van der Waals surface area contributed by atoms with Crippen LogP contribution in [-0.4, -0.2) is 0 Å². The average molecular weight is 421 g/mol. The van der Waals surface area contributed by atoms with Crippen LogP contribution in [0.5, 0.6) is 0 Å².